The molecule has 0 N–H and O–H groups in total. The summed E-state index contributed by atoms with van der Waals surface area (Å²) in [5, 5.41) is 0. The van der Waals surface area contributed by atoms with Gasteiger partial charge in [0.1, 0.15) is 0 Å². The molecule has 0 radical (unpaired) electrons. The van der Waals surface area contributed by atoms with Gasteiger partial charge in [0.2, 0.25) is 0 Å². The summed E-state index contributed by atoms with van der Waals surface area (Å²) in [7, 11) is 0. The number of rotatable bonds is 3. The lowest BCUT2D eigenvalue weighted by Gasteiger charge is -1.98. The average molecular weight is 184 g/mol. The summed E-state index contributed by atoms with van der Waals surface area (Å²) in [5.41, 5.74) is 4.69. The standard InChI is InChI=1S/C14H16/c1-5-8-9-13-10-12(6-2)14(7-3)11(13)4/h5-9H,2-4,10H2,1H3/b8-5-,13-9-. The Balaban J connectivity index is 3.03. The molecule has 14 heavy (non-hydrogen) atoms. The van der Waals surface area contributed by atoms with Crippen molar-refractivity contribution in [1.82, 2.24) is 0 Å². The highest BCUT2D eigenvalue weighted by atomic mass is 14.2. The molecular weight excluding hydrogens is 168 g/mol. The number of hydrogen-bond donors (Lipinski definition) is 0. The number of hydrogen-bond acceptors (Lipinski definition) is 0. The van der Waals surface area contributed by atoms with E-state index in [1.54, 1.807) is 0 Å². The molecule has 0 aromatic carbocycles. The molecule has 0 aromatic heterocycles. The quantitative estimate of drug-likeness (QED) is 0.619. The molecule has 0 fully saturated rings. The van der Waals surface area contributed by atoms with Gasteiger partial charge in [-0.15, -0.1) is 0 Å². The maximum absolute atomic E-state index is 4.06. The topological polar surface area (TPSA) is 0 Å². The van der Waals surface area contributed by atoms with Crippen molar-refractivity contribution < 1.29 is 0 Å². The van der Waals surface area contributed by atoms with Crippen LogP contribution in [0.3, 0.4) is 0 Å². The van der Waals surface area contributed by atoms with Gasteiger partial charge in [0, 0.05) is 0 Å². The third kappa shape index (κ3) is 1.85. The SMILES string of the molecule is C=CC1=C(C=C)C(=C)/C(=C\C=C/C)C1. The maximum Gasteiger partial charge on any atom is -0.00139 e. The molecule has 0 heterocycles. The zero-order valence-electron chi connectivity index (χ0n) is 8.72. The fourth-order valence-corrected chi connectivity index (χ4v) is 1.58. The van der Waals surface area contributed by atoms with Crippen LogP contribution in [0.2, 0.25) is 0 Å². The second-order valence-corrected chi connectivity index (χ2v) is 3.22. The van der Waals surface area contributed by atoms with Crippen LogP contribution in [-0.4, -0.2) is 0 Å². The first kappa shape index (κ1) is 10.5. The lowest BCUT2D eigenvalue weighted by atomic mass is 10.1. The maximum atomic E-state index is 4.06. The molecule has 0 bridgehead atoms. The smallest absolute Gasteiger partial charge is 0.00139 e. The van der Waals surface area contributed by atoms with Gasteiger partial charge in [-0.05, 0) is 35.6 Å². The summed E-state index contributed by atoms with van der Waals surface area (Å²) in [4.78, 5) is 0. The Morgan fingerprint density at radius 3 is 2.36 bits per heavy atom. The molecule has 0 saturated heterocycles. The van der Waals surface area contributed by atoms with Crippen molar-refractivity contribution in [2.24, 2.45) is 0 Å². The molecule has 0 amide bonds. The Morgan fingerprint density at radius 1 is 1.21 bits per heavy atom. The highest BCUT2D eigenvalue weighted by molar-refractivity contribution is 5.62. The molecule has 1 aliphatic rings. The third-order valence-electron chi connectivity index (χ3n) is 2.38. The van der Waals surface area contributed by atoms with Gasteiger partial charge in [-0.25, -0.2) is 0 Å². The van der Waals surface area contributed by atoms with E-state index in [0.29, 0.717) is 0 Å². The Hall–Kier alpha value is -1.56. The van der Waals surface area contributed by atoms with Crippen LogP contribution >= 0.6 is 0 Å². The van der Waals surface area contributed by atoms with E-state index in [4.69, 9.17) is 0 Å². The summed E-state index contributed by atoms with van der Waals surface area (Å²) >= 11 is 0. The van der Waals surface area contributed by atoms with Crippen LogP contribution in [0, 0.1) is 0 Å². The monoisotopic (exact) mass is 184 g/mol. The second-order valence-electron chi connectivity index (χ2n) is 3.22. The molecule has 0 saturated carbocycles. The van der Waals surface area contributed by atoms with Gasteiger partial charge in [-0.1, -0.05) is 50.1 Å². The van der Waals surface area contributed by atoms with E-state index in [2.05, 4.69) is 25.8 Å². The molecule has 0 atom stereocenters. The number of allylic oxidation sites excluding steroid dienone is 9. The minimum absolute atomic E-state index is 0.925. The van der Waals surface area contributed by atoms with Crippen LogP contribution in [0.4, 0.5) is 0 Å². The minimum atomic E-state index is 0.925. The van der Waals surface area contributed by atoms with Crippen LogP contribution in [0.25, 0.3) is 0 Å². The van der Waals surface area contributed by atoms with E-state index in [1.807, 2.05) is 31.2 Å². The third-order valence-corrected chi connectivity index (χ3v) is 2.38. The molecule has 0 heteroatoms. The summed E-state index contributed by atoms with van der Waals surface area (Å²) < 4.78 is 0. The lowest BCUT2D eigenvalue weighted by molar-refractivity contribution is 1.26. The van der Waals surface area contributed by atoms with Crippen LogP contribution in [0.1, 0.15) is 13.3 Å². The molecule has 0 unspecified atom stereocenters. The second kappa shape index (κ2) is 4.61. The van der Waals surface area contributed by atoms with Gasteiger partial charge < -0.3 is 0 Å². The van der Waals surface area contributed by atoms with Gasteiger partial charge in [0.25, 0.3) is 0 Å². The van der Waals surface area contributed by atoms with Gasteiger partial charge in [0.15, 0.2) is 0 Å². The first-order valence-corrected chi connectivity index (χ1v) is 4.74. The van der Waals surface area contributed by atoms with Crippen molar-refractivity contribution in [2.45, 2.75) is 13.3 Å². The van der Waals surface area contributed by atoms with Crippen molar-refractivity contribution in [3.05, 3.63) is 72.4 Å². The fourth-order valence-electron chi connectivity index (χ4n) is 1.58. The lowest BCUT2D eigenvalue weighted by Crippen LogP contribution is -1.79. The summed E-state index contributed by atoms with van der Waals surface area (Å²) in [6.45, 7) is 13.7. The summed E-state index contributed by atoms with van der Waals surface area (Å²) in [5.74, 6) is 0. The molecule has 72 valence electrons. The first-order valence-electron chi connectivity index (χ1n) is 4.74. The van der Waals surface area contributed by atoms with Gasteiger partial charge in [-0.2, -0.15) is 0 Å². The average Bonchev–Trinajstić information content (AvgIpc) is 2.51. The van der Waals surface area contributed by atoms with E-state index in [0.717, 1.165) is 17.6 Å². The van der Waals surface area contributed by atoms with Crippen LogP contribution in [0.15, 0.2) is 72.4 Å². The molecule has 0 spiro atoms. The van der Waals surface area contributed by atoms with Crippen molar-refractivity contribution in [1.29, 1.82) is 0 Å². The molecule has 0 aromatic rings. The highest BCUT2D eigenvalue weighted by Crippen LogP contribution is 2.36. The van der Waals surface area contributed by atoms with Crippen molar-refractivity contribution >= 4 is 0 Å². The van der Waals surface area contributed by atoms with E-state index >= 15 is 0 Å². The van der Waals surface area contributed by atoms with E-state index in [9.17, 15) is 0 Å². The predicted molar refractivity (Wildman–Crippen MR) is 64.1 cm³/mol. The zero-order chi connectivity index (χ0) is 10.6. The van der Waals surface area contributed by atoms with Gasteiger partial charge in [0.05, 0.1) is 0 Å². The van der Waals surface area contributed by atoms with Crippen molar-refractivity contribution in [3.63, 3.8) is 0 Å². The normalized spacial score (nSPS) is 19.8. The molecule has 1 rings (SSSR count). The summed E-state index contributed by atoms with van der Waals surface area (Å²) in [6.07, 6.45) is 10.8. The van der Waals surface area contributed by atoms with E-state index in [-0.39, 0.29) is 0 Å². The Bertz CT molecular complexity index is 359. The molecule has 0 aliphatic heterocycles. The molecule has 0 nitrogen and oxygen atoms in total. The minimum Gasteiger partial charge on any atom is -0.0988 e. The fraction of sp³-hybridized carbons (Fsp3) is 0.143. The Kier molecular flexibility index (Phi) is 3.47. The van der Waals surface area contributed by atoms with E-state index in [1.165, 1.54) is 11.1 Å². The Morgan fingerprint density at radius 2 is 1.93 bits per heavy atom. The van der Waals surface area contributed by atoms with Crippen LogP contribution in [-0.2, 0) is 0 Å². The predicted octanol–water partition coefficient (Wildman–Crippen LogP) is 4.12. The van der Waals surface area contributed by atoms with Crippen molar-refractivity contribution in [2.75, 3.05) is 0 Å². The van der Waals surface area contributed by atoms with Gasteiger partial charge >= 0.3 is 0 Å². The van der Waals surface area contributed by atoms with Crippen LogP contribution < -0.4 is 0 Å². The molecule has 1 aliphatic carbocycles. The zero-order valence-corrected chi connectivity index (χ0v) is 8.72. The summed E-state index contributed by atoms with van der Waals surface area (Å²) in [6, 6.07) is 0. The van der Waals surface area contributed by atoms with Gasteiger partial charge in [-0.3, -0.25) is 0 Å². The van der Waals surface area contributed by atoms with E-state index < -0.39 is 0 Å². The largest absolute Gasteiger partial charge is 0.0988 e. The molecular formula is C14H16. The van der Waals surface area contributed by atoms with Crippen LogP contribution in [0.5, 0.6) is 0 Å². The Labute approximate surface area is 86.3 Å². The van der Waals surface area contributed by atoms with Crippen molar-refractivity contribution in [3.8, 4) is 0 Å². The first-order chi connectivity index (χ1) is 6.74. The highest BCUT2D eigenvalue weighted by Gasteiger charge is 2.17.